The quantitative estimate of drug-likeness (QED) is 0.112. The Morgan fingerprint density at radius 3 is 0.437 bits per heavy atom. The average Bonchev–Trinajstić information content (AvgIpc) is 3.83. The van der Waals surface area contributed by atoms with E-state index in [4.69, 9.17) is 0 Å². The monoisotopic (exact) mass is 864 g/mol. The predicted molar refractivity (Wildman–Crippen MR) is 291 cm³/mol. The number of hydrogen-bond donors (Lipinski definition) is 0. The summed E-state index contributed by atoms with van der Waals surface area (Å²) in [4.78, 5) is 34.1. The maximum atomic E-state index is 17.1. The lowest BCUT2D eigenvalue weighted by atomic mass is 9.68. The van der Waals surface area contributed by atoms with E-state index in [2.05, 4.69) is 0 Å². The SMILES string of the molecule is O=C1c2ccccc2C(=O)C12C13c4c5c6c7c8c9c(c%10c%11c1c1c4c4c%12c5c5c6c6c8c8c%13c9c9c%10c%10c%11c%11c1c1c4c4c%12c%12c5c5c6c8c6c8c%13c9c9c%10c%10c%11c1c1c4c4c%12c5c6c5c8c9c%10c1c45)C723. The first-order valence-electron chi connectivity index (χ1n) is 26.2. The van der Waals surface area contributed by atoms with Gasteiger partial charge >= 0.3 is 0 Å². The molecule has 0 N–H and O–H groups in total. The first kappa shape index (κ1) is 25.6. The Labute approximate surface area is 383 Å². The fourth-order valence-corrected chi connectivity index (χ4v) is 26.6. The van der Waals surface area contributed by atoms with Crippen molar-refractivity contribution in [3.63, 3.8) is 0 Å². The number of hydrogen-bond acceptors (Lipinski definition) is 2. The van der Waals surface area contributed by atoms with Gasteiger partial charge in [-0.25, -0.2) is 0 Å². The van der Waals surface area contributed by atoms with Crippen molar-refractivity contribution in [3.8, 4) is 0 Å². The minimum atomic E-state index is -1.31. The zero-order valence-corrected chi connectivity index (χ0v) is 35.6. The molecule has 0 heterocycles. The number of ketones is 2. The largest absolute Gasteiger partial charge is 0.293 e. The molecule has 0 saturated heterocycles. The first-order chi connectivity index (χ1) is 35.3. The van der Waals surface area contributed by atoms with E-state index in [-0.39, 0.29) is 11.6 Å². The summed E-state index contributed by atoms with van der Waals surface area (Å²) in [6, 6.07) is 8.10. The molecule has 0 aromatic heterocycles. The van der Waals surface area contributed by atoms with Crippen LogP contribution in [0.2, 0.25) is 0 Å². The smallest absolute Gasteiger partial charge is 0.180 e. The van der Waals surface area contributed by atoms with Crippen molar-refractivity contribution in [2.24, 2.45) is 5.41 Å². The number of fused-ring (bicyclic) bond motifs is 1. The summed E-state index contributed by atoms with van der Waals surface area (Å²) in [7, 11) is 0. The van der Waals surface area contributed by atoms with Gasteiger partial charge < -0.3 is 0 Å². The second-order valence-corrected chi connectivity index (χ2v) is 26.2. The Bertz CT molecular complexity index is 7040. The van der Waals surface area contributed by atoms with Crippen molar-refractivity contribution < 1.29 is 9.59 Å². The summed E-state index contributed by atoms with van der Waals surface area (Å²) in [6.07, 6.45) is 0. The number of benzene rings is 19. The number of carbonyl (C=O) groups is 2. The summed E-state index contributed by atoms with van der Waals surface area (Å²) in [5.74, 6) is 0.209. The lowest BCUT2D eigenvalue weighted by Gasteiger charge is -2.32. The molecule has 2 nitrogen and oxygen atoms in total. The summed E-state index contributed by atoms with van der Waals surface area (Å²) in [5.41, 5.74) is 3.93. The number of carbonyl (C=O) groups excluding carboxylic acids is 2. The Morgan fingerprint density at radius 1 is 0.169 bits per heavy atom. The molecule has 0 radical (unpaired) electrons. The van der Waals surface area contributed by atoms with Crippen molar-refractivity contribution in [2.45, 2.75) is 10.8 Å². The van der Waals surface area contributed by atoms with E-state index in [1.165, 1.54) is 162 Å². The number of Topliss-reactive ketones (excluding diaryl/α,β-unsaturated/α-hetero) is 2. The third kappa shape index (κ3) is 1.26. The van der Waals surface area contributed by atoms with Gasteiger partial charge in [0.1, 0.15) is 5.41 Å². The molecule has 0 bridgehead atoms. The van der Waals surface area contributed by atoms with Crippen molar-refractivity contribution in [1.29, 1.82) is 0 Å². The van der Waals surface area contributed by atoms with Crippen LogP contribution in [0.3, 0.4) is 0 Å². The molecule has 0 atom stereocenters. The van der Waals surface area contributed by atoms with Gasteiger partial charge in [-0.05, 0) is 313 Å². The van der Waals surface area contributed by atoms with Crippen LogP contribution in [0.4, 0.5) is 0 Å². The van der Waals surface area contributed by atoms with Gasteiger partial charge in [-0.2, -0.15) is 0 Å². The highest BCUT2D eigenvalue weighted by atomic mass is 16.2. The van der Waals surface area contributed by atoms with Crippen LogP contribution in [0.1, 0.15) is 43.0 Å². The van der Waals surface area contributed by atoms with Crippen molar-refractivity contribution in [1.82, 2.24) is 0 Å². The van der Waals surface area contributed by atoms with Crippen LogP contribution in [0.15, 0.2) is 24.3 Å². The predicted octanol–water partition coefficient (Wildman–Crippen LogP) is 17.4. The minimum absolute atomic E-state index is 0.105. The van der Waals surface area contributed by atoms with Gasteiger partial charge in [0.05, 0.1) is 10.8 Å². The lowest BCUT2D eigenvalue weighted by molar-refractivity contribution is 0.0787. The van der Waals surface area contributed by atoms with E-state index >= 15 is 9.59 Å². The average molecular weight is 865 g/mol. The van der Waals surface area contributed by atoms with Crippen LogP contribution >= 0.6 is 0 Å². The molecule has 29 aromatic rings. The highest BCUT2D eigenvalue weighted by Crippen LogP contribution is 2.97. The summed E-state index contributed by atoms with van der Waals surface area (Å²) in [5, 5.41) is 82.7. The van der Waals surface area contributed by atoms with Crippen LogP contribution in [0.5, 0.6) is 0 Å². The van der Waals surface area contributed by atoms with Gasteiger partial charge in [0.25, 0.3) is 0 Å². The standard InChI is InChI=1S/C69H4O2/c70-65-5-3-1-2-4-6(5)66(71)69(65)67-61-53-45-35-25-17-9-7-8-11-15-13(9)21-29-23(15)33-27-19(11)20-12(8)16-14-10(7)18(17)26-32-22(14)30-24(16)34-28(20)38-37(27)47-41(33)51-43(29)49(39(45)31(21)25)57(61)59(51)63-55(47)56-48(38)42(34)52-44(30)50-40(32)46(36(26)35)54(53)62(67)58(50)60(52)64(56)68(63,67)69/h1-4H. The van der Waals surface area contributed by atoms with Crippen LogP contribution in [-0.4, -0.2) is 11.6 Å². The summed E-state index contributed by atoms with van der Waals surface area (Å²) < 4.78 is 0. The maximum Gasteiger partial charge on any atom is 0.180 e. The zero-order valence-electron chi connectivity index (χ0n) is 35.6. The van der Waals surface area contributed by atoms with Crippen LogP contribution < -0.4 is 0 Å². The van der Waals surface area contributed by atoms with Gasteiger partial charge in [0.15, 0.2) is 11.6 Å². The molecule has 0 aliphatic heterocycles. The van der Waals surface area contributed by atoms with Gasteiger partial charge in [-0.1, -0.05) is 24.3 Å². The molecule has 2 heteroatoms. The minimum Gasteiger partial charge on any atom is -0.293 e. The van der Waals surface area contributed by atoms with E-state index in [1.807, 2.05) is 24.3 Å². The first-order valence-corrected chi connectivity index (χ1v) is 26.2. The topological polar surface area (TPSA) is 34.1 Å². The molecular weight excluding hydrogens is 861 g/mol. The van der Waals surface area contributed by atoms with Crippen molar-refractivity contribution in [3.05, 3.63) is 57.6 Å². The molecule has 292 valence electrons. The molecule has 0 unspecified atom stereocenters. The second-order valence-electron chi connectivity index (χ2n) is 26.2. The fraction of sp³-hybridized carbons (Fsp3) is 0.0435. The van der Waals surface area contributed by atoms with Crippen LogP contribution in [0, 0.1) is 5.41 Å². The molecule has 35 rings (SSSR count). The Balaban J connectivity index is 1.17. The molecule has 29 aromatic carbocycles. The summed E-state index contributed by atoms with van der Waals surface area (Å²) in [6.45, 7) is 0. The molecule has 3 spiro atoms. The molecule has 0 amide bonds. The Kier molecular flexibility index (Phi) is 2.00. The van der Waals surface area contributed by atoms with Gasteiger partial charge in [0.2, 0.25) is 0 Å². The van der Waals surface area contributed by atoms with E-state index in [0.29, 0.717) is 11.1 Å². The third-order valence-corrected chi connectivity index (χ3v) is 26.5. The highest BCUT2D eigenvalue weighted by Gasteiger charge is 3.00. The van der Waals surface area contributed by atoms with Gasteiger partial charge in [-0.3, -0.25) is 9.59 Å². The molecule has 6 aliphatic carbocycles. The molecule has 1 saturated carbocycles. The Morgan fingerprint density at radius 2 is 0.296 bits per heavy atom. The zero-order chi connectivity index (χ0) is 42.1. The van der Waals surface area contributed by atoms with Gasteiger partial charge in [0, 0.05) is 11.1 Å². The Hall–Kier alpha value is -8.98. The van der Waals surface area contributed by atoms with E-state index in [9.17, 15) is 0 Å². The van der Waals surface area contributed by atoms with E-state index in [0.717, 1.165) is 0 Å². The summed E-state index contributed by atoms with van der Waals surface area (Å²) >= 11 is 0. The molecule has 71 heavy (non-hydrogen) atoms. The van der Waals surface area contributed by atoms with E-state index < -0.39 is 16.2 Å². The fourth-order valence-electron chi connectivity index (χ4n) is 26.6. The third-order valence-electron chi connectivity index (χ3n) is 26.5. The van der Waals surface area contributed by atoms with E-state index in [1.54, 1.807) is 151 Å². The normalized spacial score (nSPS) is 20.8. The molecule has 1 fully saturated rings. The molecule has 6 aliphatic rings. The number of rotatable bonds is 0. The van der Waals surface area contributed by atoms with Crippen molar-refractivity contribution >= 4 is 302 Å². The van der Waals surface area contributed by atoms with Gasteiger partial charge in [-0.15, -0.1) is 0 Å². The van der Waals surface area contributed by atoms with Crippen molar-refractivity contribution in [2.75, 3.05) is 0 Å². The maximum absolute atomic E-state index is 17.1. The van der Waals surface area contributed by atoms with Crippen LogP contribution in [0.25, 0.3) is 291 Å². The highest BCUT2D eigenvalue weighted by molar-refractivity contribution is 6.82. The van der Waals surface area contributed by atoms with Crippen LogP contribution in [-0.2, 0) is 10.8 Å². The lowest BCUT2D eigenvalue weighted by Crippen LogP contribution is -2.29. The molecular formula is C69H4O2. The second kappa shape index (κ2) is 5.55.